The number of carbonyl (C=O) groups excluding carboxylic acids is 1. The zero-order valence-corrected chi connectivity index (χ0v) is 6.85. The van der Waals surface area contributed by atoms with Crippen LogP contribution >= 0.6 is 12.2 Å². The van der Waals surface area contributed by atoms with Crippen LogP contribution in [-0.4, -0.2) is 22.7 Å². The highest BCUT2D eigenvalue weighted by Crippen LogP contribution is 1.97. The SMILES string of the molecule is CC(=O)ON1CC=CNC1=S. The maximum Gasteiger partial charge on any atom is 0.329 e. The summed E-state index contributed by atoms with van der Waals surface area (Å²) in [4.78, 5) is 15.2. The van der Waals surface area contributed by atoms with Crippen molar-refractivity contribution in [3.63, 3.8) is 0 Å². The van der Waals surface area contributed by atoms with Crippen LogP contribution in [0.4, 0.5) is 0 Å². The van der Waals surface area contributed by atoms with Gasteiger partial charge in [0.1, 0.15) is 0 Å². The minimum Gasteiger partial charge on any atom is -0.339 e. The van der Waals surface area contributed by atoms with Gasteiger partial charge in [0, 0.05) is 13.1 Å². The quantitative estimate of drug-likeness (QED) is 0.571. The molecule has 11 heavy (non-hydrogen) atoms. The summed E-state index contributed by atoms with van der Waals surface area (Å²) in [5, 5.41) is 4.46. The first-order valence-corrected chi connectivity index (χ1v) is 3.52. The van der Waals surface area contributed by atoms with Crippen LogP contribution in [0, 0.1) is 0 Å². The van der Waals surface area contributed by atoms with Crippen molar-refractivity contribution in [2.45, 2.75) is 6.92 Å². The summed E-state index contributed by atoms with van der Waals surface area (Å²) in [6.07, 6.45) is 3.51. The van der Waals surface area contributed by atoms with Crippen LogP contribution < -0.4 is 5.32 Å². The molecule has 0 fully saturated rings. The van der Waals surface area contributed by atoms with E-state index in [0.717, 1.165) is 0 Å². The van der Waals surface area contributed by atoms with E-state index in [1.807, 2.05) is 0 Å². The summed E-state index contributed by atoms with van der Waals surface area (Å²) < 4.78 is 0. The van der Waals surface area contributed by atoms with Gasteiger partial charge in [0.25, 0.3) is 0 Å². The smallest absolute Gasteiger partial charge is 0.329 e. The third-order valence-electron chi connectivity index (χ3n) is 1.06. The molecule has 1 heterocycles. The summed E-state index contributed by atoms with van der Waals surface area (Å²) in [5.41, 5.74) is 0. The van der Waals surface area contributed by atoms with E-state index < -0.39 is 0 Å². The lowest BCUT2D eigenvalue weighted by atomic mass is 10.5. The van der Waals surface area contributed by atoms with Gasteiger partial charge >= 0.3 is 5.97 Å². The topological polar surface area (TPSA) is 41.6 Å². The van der Waals surface area contributed by atoms with Crippen molar-refractivity contribution < 1.29 is 9.63 Å². The molecule has 1 aliphatic rings. The summed E-state index contributed by atoms with van der Waals surface area (Å²) in [5.74, 6) is -0.371. The summed E-state index contributed by atoms with van der Waals surface area (Å²) in [6.45, 7) is 1.84. The molecule has 0 aromatic rings. The van der Waals surface area contributed by atoms with Crippen LogP contribution in [0.25, 0.3) is 0 Å². The van der Waals surface area contributed by atoms with E-state index in [4.69, 9.17) is 17.1 Å². The first-order chi connectivity index (χ1) is 5.20. The van der Waals surface area contributed by atoms with Crippen LogP contribution in [0.1, 0.15) is 6.92 Å². The highest BCUT2D eigenvalue weighted by Gasteiger charge is 2.12. The van der Waals surface area contributed by atoms with E-state index in [-0.39, 0.29) is 5.97 Å². The molecular weight excluding hydrogens is 164 g/mol. The van der Waals surface area contributed by atoms with Gasteiger partial charge in [-0.15, -0.1) is 0 Å². The fourth-order valence-corrected chi connectivity index (χ4v) is 0.847. The van der Waals surface area contributed by atoms with Gasteiger partial charge in [0.2, 0.25) is 5.11 Å². The largest absolute Gasteiger partial charge is 0.339 e. The molecule has 0 saturated carbocycles. The molecule has 0 bridgehead atoms. The lowest BCUT2D eigenvalue weighted by Crippen LogP contribution is -2.41. The van der Waals surface area contributed by atoms with E-state index >= 15 is 0 Å². The Hall–Kier alpha value is -1.10. The molecule has 5 heteroatoms. The molecule has 4 nitrogen and oxygen atoms in total. The Morgan fingerprint density at radius 2 is 2.64 bits per heavy atom. The molecule has 0 aromatic heterocycles. The zero-order valence-electron chi connectivity index (χ0n) is 6.03. The molecule has 1 rings (SSSR count). The second kappa shape index (κ2) is 3.34. The van der Waals surface area contributed by atoms with Gasteiger partial charge in [-0.05, 0) is 18.3 Å². The number of nitrogens with zero attached hydrogens (tertiary/aromatic N) is 1. The second-order valence-corrected chi connectivity index (χ2v) is 2.38. The van der Waals surface area contributed by atoms with Gasteiger partial charge in [0.05, 0.1) is 6.54 Å². The Labute approximate surface area is 69.8 Å². The molecule has 60 valence electrons. The molecule has 0 aliphatic carbocycles. The van der Waals surface area contributed by atoms with Crippen molar-refractivity contribution in [3.8, 4) is 0 Å². The molecule has 0 amide bonds. The minimum atomic E-state index is -0.371. The standard InChI is InChI=1S/C6H8N2O2S/c1-5(9)10-8-4-2-3-7-6(8)11/h2-3H,4H2,1H3,(H,7,11). The Bertz CT molecular complexity index is 215. The number of hydroxylamine groups is 2. The van der Waals surface area contributed by atoms with Crippen LogP contribution in [0.2, 0.25) is 0 Å². The Morgan fingerprint density at radius 1 is 1.91 bits per heavy atom. The number of hydrogen-bond acceptors (Lipinski definition) is 3. The van der Waals surface area contributed by atoms with Crippen molar-refractivity contribution in [2.24, 2.45) is 0 Å². The average Bonchev–Trinajstić information content (AvgIpc) is 1.93. The Kier molecular flexibility index (Phi) is 2.43. The second-order valence-electron chi connectivity index (χ2n) is 2.00. The Balaban J connectivity index is 2.51. The maximum atomic E-state index is 10.5. The van der Waals surface area contributed by atoms with Gasteiger partial charge in [-0.2, -0.15) is 5.06 Å². The van der Waals surface area contributed by atoms with Gasteiger partial charge in [-0.25, -0.2) is 0 Å². The summed E-state index contributed by atoms with van der Waals surface area (Å²) in [6, 6.07) is 0. The number of nitrogens with one attached hydrogen (secondary N) is 1. The molecule has 0 saturated heterocycles. The van der Waals surface area contributed by atoms with E-state index in [1.54, 1.807) is 12.3 Å². The van der Waals surface area contributed by atoms with E-state index in [1.165, 1.54) is 12.0 Å². The van der Waals surface area contributed by atoms with Crippen molar-refractivity contribution in [2.75, 3.05) is 6.54 Å². The van der Waals surface area contributed by atoms with Gasteiger partial charge in [-0.3, -0.25) is 4.79 Å². The highest BCUT2D eigenvalue weighted by atomic mass is 32.1. The third kappa shape index (κ3) is 2.19. The molecule has 0 unspecified atom stereocenters. The van der Waals surface area contributed by atoms with Gasteiger partial charge in [0.15, 0.2) is 0 Å². The molecule has 0 aromatic carbocycles. The summed E-state index contributed by atoms with van der Waals surface area (Å²) in [7, 11) is 0. The minimum absolute atomic E-state index is 0.371. The maximum absolute atomic E-state index is 10.5. The molecule has 0 radical (unpaired) electrons. The third-order valence-corrected chi connectivity index (χ3v) is 1.38. The normalized spacial score (nSPS) is 16.1. The molecule has 1 aliphatic heterocycles. The predicted octanol–water partition coefficient (Wildman–Crippen LogP) is 0.168. The summed E-state index contributed by atoms with van der Waals surface area (Å²) >= 11 is 4.83. The zero-order chi connectivity index (χ0) is 8.27. The fourth-order valence-electron chi connectivity index (χ4n) is 0.667. The van der Waals surface area contributed by atoms with Gasteiger partial charge < -0.3 is 10.2 Å². The van der Waals surface area contributed by atoms with Crippen molar-refractivity contribution in [3.05, 3.63) is 12.3 Å². The van der Waals surface area contributed by atoms with Crippen molar-refractivity contribution in [1.29, 1.82) is 0 Å². The molecule has 1 N–H and O–H groups in total. The lowest BCUT2D eigenvalue weighted by Gasteiger charge is -2.23. The fraction of sp³-hybridized carbons (Fsp3) is 0.333. The lowest BCUT2D eigenvalue weighted by molar-refractivity contribution is -0.168. The van der Waals surface area contributed by atoms with E-state index in [0.29, 0.717) is 11.7 Å². The number of rotatable bonds is 1. The average molecular weight is 172 g/mol. The van der Waals surface area contributed by atoms with Crippen LogP contribution in [0.15, 0.2) is 12.3 Å². The van der Waals surface area contributed by atoms with Crippen molar-refractivity contribution in [1.82, 2.24) is 10.4 Å². The van der Waals surface area contributed by atoms with Crippen molar-refractivity contribution >= 4 is 23.3 Å². The molecule has 0 spiro atoms. The first-order valence-electron chi connectivity index (χ1n) is 3.12. The van der Waals surface area contributed by atoms with Crippen LogP contribution in [0.3, 0.4) is 0 Å². The monoisotopic (exact) mass is 172 g/mol. The van der Waals surface area contributed by atoms with E-state index in [2.05, 4.69) is 5.32 Å². The highest BCUT2D eigenvalue weighted by molar-refractivity contribution is 7.80. The molecule has 0 atom stereocenters. The van der Waals surface area contributed by atoms with Gasteiger partial charge in [-0.1, -0.05) is 0 Å². The predicted molar refractivity (Wildman–Crippen MR) is 43.3 cm³/mol. The van der Waals surface area contributed by atoms with Crippen LogP contribution in [-0.2, 0) is 9.63 Å². The molecular formula is C6H8N2O2S. The number of thiocarbonyl (C=S) groups is 1. The van der Waals surface area contributed by atoms with Crippen LogP contribution in [0.5, 0.6) is 0 Å². The van der Waals surface area contributed by atoms with E-state index in [9.17, 15) is 4.79 Å². The number of carbonyl (C=O) groups is 1. The Morgan fingerprint density at radius 3 is 3.18 bits per heavy atom. The number of hydrogen-bond donors (Lipinski definition) is 1. The first kappa shape index (κ1) is 8.00.